The molecule has 4 atom stereocenters. The highest BCUT2D eigenvalue weighted by Gasteiger charge is 2.71. The lowest BCUT2D eigenvalue weighted by Gasteiger charge is -2.30. The van der Waals surface area contributed by atoms with Gasteiger partial charge in [-0.05, 0) is 40.0 Å². The van der Waals surface area contributed by atoms with Crippen molar-refractivity contribution in [3.8, 4) is 0 Å². The van der Waals surface area contributed by atoms with Crippen LogP contribution in [0.5, 0.6) is 0 Å². The van der Waals surface area contributed by atoms with Gasteiger partial charge in [0.25, 0.3) is 0 Å². The molecule has 0 saturated carbocycles. The molecule has 5 rings (SSSR count). The molecule has 2 fully saturated rings. The van der Waals surface area contributed by atoms with Gasteiger partial charge in [-0.1, -0.05) is 44.2 Å². The van der Waals surface area contributed by atoms with E-state index in [9.17, 15) is 14.4 Å². The Hall–Kier alpha value is -2.51. The van der Waals surface area contributed by atoms with Crippen LogP contribution in [0.3, 0.4) is 0 Å². The summed E-state index contributed by atoms with van der Waals surface area (Å²) in [5.41, 5.74) is 0.700. The Morgan fingerprint density at radius 3 is 2.41 bits per heavy atom. The largest absolute Gasteiger partial charge is 0.324 e. The number of rotatable bonds is 2. The Balaban J connectivity index is 1.71. The topological polar surface area (TPSA) is 78.5 Å². The number of benzene rings is 2. The number of nitrogens with one attached hydrogen (secondary N) is 2. The molecule has 0 aromatic heterocycles. The fourth-order valence-electron chi connectivity index (χ4n) is 5.13. The molecule has 3 aliphatic heterocycles. The molecule has 0 aliphatic carbocycles. The summed E-state index contributed by atoms with van der Waals surface area (Å²) < 4.78 is 0.668. The zero-order valence-electron chi connectivity index (χ0n) is 16.0. The zero-order chi connectivity index (χ0) is 20.5. The second kappa shape index (κ2) is 6.24. The molecule has 0 bridgehead atoms. The third-order valence-electron chi connectivity index (χ3n) is 6.37. The maximum absolute atomic E-state index is 13.7. The Morgan fingerprint density at radius 1 is 1.00 bits per heavy atom. The minimum atomic E-state index is -1.24. The maximum Gasteiger partial charge on any atom is 0.250 e. The number of para-hydroxylation sites is 2. The molecular formula is C22H20BrN3O3. The molecule has 148 valence electrons. The van der Waals surface area contributed by atoms with Crippen molar-refractivity contribution in [3.05, 3.63) is 58.6 Å². The maximum atomic E-state index is 13.7. The number of fused-ring (bicyclic) bond motifs is 4. The van der Waals surface area contributed by atoms with Crippen LogP contribution < -0.4 is 15.5 Å². The quantitative estimate of drug-likeness (QED) is 0.684. The average Bonchev–Trinajstić information content (AvgIpc) is 3.28. The molecule has 3 aliphatic rings. The van der Waals surface area contributed by atoms with Crippen molar-refractivity contribution >= 4 is 45.0 Å². The highest BCUT2D eigenvalue weighted by Crippen LogP contribution is 2.54. The van der Waals surface area contributed by atoms with Gasteiger partial charge in [0.05, 0.1) is 17.5 Å². The number of anilines is 2. The number of hydrogen-bond donors (Lipinski definition) is 2. The van der Waals surface area contributed by atoms with Crippen molar-refractivity contribution in [1.82, 2.24) is 5.32 Å². The predicted octanol–water partition coefficient (Wildman–Crippen LogP) is 3.03. The van der Waals surface area contributed by atoms with Crippen LogP contribution in [0.25, 0.3) is 0 Å². The van der Waals surface area contributed by atoms with Crippen molar-refractivity contribution in [1.29, 1.82) is 0 Å². The molecule has 2 saturated heterocycles. The second-order valence-corrected chi connectivity index (χ2v) is 9.04. The first-order valence-electron chi connectivity index (χ1n) is 9.69. The molecule has 0 radical (unpaired) electrons. The third kappa shape index (κ3) is 2.28. The van der Waals surface area contributed by atoms with Gasteiger partial charge in [-0.25, -0.2) is 4.90 Å². The van der Waals surface area contributed by atoms with Crippen molar-refractivity contribution in [2.24, 2.45) is 17.8 Å². The number of hydrogen-bond acceptors (Lipinski definition) is 4. The Labute approximate surface area is 176 Å². The summed E-state index contributed by atoms with van der Waals surface area (Å²) >= 11 is 3.46. The lowest BCUT2D eigenvalue weighted by atomic mass is 9.76. The fourth-order valence-corrected chi connectivity index (χ4v) is 5.60. The lowest BCUT2D eigenvalue weighted by molar-refractivity contribution is -0.130. The van der Waals surface area contributed by atoms with E-state index in [0.29, 0.717) is 15.8 Å². The first kappa shape index (κ1) is 18.5. The zero-order valence-corrected chi connectivity index (χ0v) is 17.6. The smallest absolute Gasteiger partial charge is 0.250 e. The molecule has 2 aromatic carbocycles. The van der Waals surface area contributed by atoms with Crippen LogP contribution in [-0.2, 0) is 19.9 Å². The number of halogens is 1. The van der Waals surface area contributed by atoms with Gasteiger partial charge in [0.2, 0.25) is 17.7 Å². The molecular weight excluding hydrogens is 434 g/mol. The summed E-state index contributed by atoms with van der Waals surface area (Å²) in [7, 11) is 0. The molecule has 6 nitrogen and oxygen atoms in total. The summed E-state index contributed by atoms with van der Waals surface area (Å²) in [4.78, 5) is 41.8. The number of carbonyl (C=O) groups is 3. The van der Waals surface area contributed by atoms with Crippen molar-refractivity contribution in [2.45, 2.75) is 25.4 Å². The molecule has 2 N–H and O–H groups in total. The van der Waals surface area contributed by atoms with E-state index in [4.69, 9.17) is 0 Å². The van der Waals surface area contributed by atoms with Gasteiger partial charge in [-0.15, -0.1) is 0 Å². The van der Waals surface area contributed by atoms with E-state index in [1.165, 1.54) is 4.90 Å². The summed E-state index contributed by atoms with van der Waals surface area (Å²) in [5, 5.41) is 6.34. The van der Waals surface area contributed by atoms with E-state index >= 15 is 0 Å². The van der Waals surface area contributed by atoms with Crippen molar-refractivity contribution < 1.29 is 14.4 Å². The van der Waals surface area contributed by atoms with E-state index in [2.05, 4.69) is 26.6 Å². The molecule has 2 aromatic rings. The number of amides is 3. The monoisotopic (exact) mass is 453 g/mol. The van der Waals surface area contributed by atoms with Crippen LogP contribution in [0.4, 0.5) is 11.4 Å². The van der Waals surface area contributed by atoms with E-state index in [0.717, 1.165) is 5.56 Å². The summed E-state index contributed by atoms with van der Waals surface area (Å²) in [6.45, 7) is 4.01. The minimum Gasteiger partial charge on any atom is -0.324 e. The molecule has 29 heavy (non-hydrogen) atoms. The van der Waals surface area contributed by atoms with Gasteiger partial charge in [-0.2, -0.15) is 0 Å². The van der Waals surface area contributed by atoms with Crippen LogP contribution in [0, 0.1) is 17.8 Å². The molecule has 3 amide bonds. The van der Waals surface area contributed by atoms with Crippen LogP contribution in [-0.4, -0.2) is 23.8 Å². The van der Waals surface area contributed by atoms with E-state index in [1.807, 2.05) is 44.2 Å². The fraction of sp³-hybridized carbons (Fsp3) is 0.318. The minimum absolute atomic E-state index is 0.0679. The SMILES string of the molecule is CC(C)[C@@H]1N[C@]2(C(=O)Nc3ccccc32)[C@@H]2C(=O)N(c3ccccc3Br)C(=O)[C@@H]21. The third-order valence-corrected chi connectivity index (χ3v) is 7.04. The van der Waals surface area contributed by atoms with Crippen LogP contribution >= 0.6 is 15.9 Å². The van der Waals surface area contributed by atoms with E-state index in [1.54, 1.807) is 18.2 Å². The average molecular weight is 454 g/mol. The van der Waals surface area contributed by atoms with Crippen LogP contribution in [0.1, 0.15) is 19.4 Å². The number of nitrogens with zero attached hydrogens (tertiary/aromatic N) is 1. The lowest BCUT2D eigenvalue weighted by Crippen LogP contribution is -2.54. The molecule has 3 heterocycles. The van der Waals surface area contributed by atoms with Gasteiger partial charge in [-0.3, -0.25) is 19.7 Å². The first-order valence-corrected chi connectivity index (χ1v) is 10.5. The highest BCUT2D eigenvalue weighted by molar-refractivity contribution is 9.10. The first-order chi connectivity index (χ1) is 13.9. The van der Waals surface area contributed by atoms with Gasteiger partial charge in [0, 0.05) is 21.8 Å². The highest BCUT2D eigenvalue weighted by atomic mass is 79.9. The van der Waals surface area contributed by atoms with Gasteiger partial charge in [0.1, 0.15) is 5.54 Å². The molecule has 7 heteroatoms. The Bertz CT molecular complexity index is 1070. The number of carbonyl (C=O) groups excluding carboxylic acids is 3. The second-order valence-electron chi connectivity index (χ2n) is 8.19. The summed E-state index contributed by atoms with van der Waals surface area (Å²) in [6.07, 6.45) is 0. The number of imide groups is 1. The molecule has 0 unspecified atom stereocenters. The molecule has 1 spiro atoms. The summed E-state index contributed by atoms with van der Waals surface area (Å²) in [6, 6.07) is 14.3. The van der Waals surface area contributed by atoms with Gasteiger partial charge >= 0.3 is 0 Å². The van der Waals surface area contributed by atoms with Crippen LogP contribution in [0.15, 0.2) is 53.0 Å². The van der Waals surface area contributed by atoms with E-state index < -0.39 is 17.4 Å². The van der Waals surface area contributed by atoms with Crippen LogP contribution in [0.2, 0.25) is 0 Å². The van der Waals surface area contributed by atoms with E-state index in [-0.39, 0.29) is 29.7 Å². The van der Waals surface area contributed by atoms with Gasteiger partial charge < -0.3 is 5.32 Å². The standard InChI is InChI=1S/C22H20BrN3O3/c1-11(2)18-16-17(20(28)26(19(16)27)15-10-6-4-8-13(15)23)22(25-18)12-7-3-5-9-14(12)24-21(22)29/h3-11,16-18,25H,1-2H3,(H,24,29)/t16-,17-,18-,22-/m0/s1. The predicted molar refractivity (Wildman–Crippen MR) is 112 cm³/mol. The van der Waals surface area contributed by atoms with Crippen molar-refractivity contribution in [2.75, 3.05) is 10.2 Å². The van der Waals surface area contributed by atoms with Crippen molar-refractivity contribution in [3.63, 3.8) is 0 Å². The Morgan fingerprint density at radius 2 is 1.69 bits per heavy atom. The Kier molecular flexibility index (Phi) is 3.98. The summed E-state index contributed by atoms with van der Waals surface area (Å²) in [5.74, 6) is -2.20. The normalized spacial score (nSPS) is 30.3. The van der Waals surface area contributed by atoms with Gasteiger partial charge in [0.15, 0.2) is 0 Å².